The summed E-state index contributed by atoms with van der Waals surface area (Å²) < 4.78 is 17.4. The summed E-state index contributed by atoms with van der Waals surface area (Å²) in [5, 5.41) is 3.94. The van der Waals surface area contributed by atoms with Crippen LogP contribution in [0.3, 0.4) is 0 Å². The van der Waals surface area contributed by atoms with Crippen LogP contribution in [-0.2, 0) is 18.0 Å². The van der Waals surface area contributed by atoms with Crippen LogP contribution in [0, 0.1) is 0 Å². The number of carbonyl (C=O) groups is 1. The molecular formula is C31H24Cl2N2O4S. The number of para-hydroxylation sites is 1. The topological polar surface area (TPSA) is 69.2 Å². The summed E-state index contributed by atoms with van der Waals surface area (Å²) >= 11 is 14.3. The van der Waals surface area contributed by atoms with E-state index < -0.39 is 0 Å². The van der Waals surface area contributed by atoms with Gasteiger partial charge in [0.15, 0.2) is 22.4 Å². The first-order chi connectivity index (χ1) is 19.5. The maximum Gasteiger partial charge on any atom is 0.264 e. The molecule has 9 heteroatoms. The van der Waals surface area contributed by atoms with E-state index in [1.165, 1.54) is 11.8 Å². The van der Waals surface area contributed by atoms with Gasteiger partial charge in [-0.05, 0) is 70.9 Å². The number of carbonyl (C=O) groups excluding carboxylic acids is 1. The number of halogens is 2. The zero-order chi connectivity index (χ0) is 27.9. The molecule has 1 saturated heterocycles. The molecule has 0 aromatic heterocycles. The molecule has 4 aromatic carbocycles. The first-order valence-electron chi connectivity index (χ1n) is 12.3. The molecule has 0 unspecified atom stereocenters. The maximum atomic E-state index is 12.5. The van der Waals surface area contributed by atoms with Crippen molar-refractivity contribution in [3.63, 3.8) is 0 Å². The predicted octanol–water partition coefficient (Wildman–Crippen LogP) is 8.05. The second-order valence-electron chi connectivity index (χ2n) is 8.68. The molecule has 6 nitrogen and oxygen atoms in total. The Labute approximate surface area is 246 Å². The third kappa shape index (κ3) is 6.99. The van der Waals surface area contributed by atoms with E-state index >= 15 is 0 Å². The van der Waals surface area contributed by atoms with Crippen LogP contribution in [0.2, 0.25) is 10.0 Å². The molecule has 4 aromatic rings. The molecule has 0 bridgehead atoms. The summed E-state index contributed by atoms with van der Waals surface area (Å²) in [6.45, 7) is 0.648. The fraction of sp³-hybridized carbons (Fsp3) is 0.0968. The van der Waals surface area contributed by atoms with E-state index in [0.717, 1.165) is 16.8 Å². The third-order valence-corrected chi connectivity index (χ3v) is 7.28. The Morgan fingerprint density at radius 3 is 2.20 bits per heavy atom. The summed E-state index contributed by atoms with van der Waals surface area (Å²) in [6.07, 6.45) is 1.72. The Bertz CT molecular complexity index is 1550. The van der Waals surface area contributed by atoms with Crippen molar-refractivity contribution in [1.82, 2.24) is 5.32 Å². The highest BCUT2D eigenvalue weighted by Crippen LogP contribution is 2.37. The van der Waals surface area contributed by atoms with Crippen molar-refractivity contribution in [2.45, 2.75) is 13.2 Å². The number of thioether (sulfide) groups is 1. The van der Waals surface area contributed by atoms with Crippen LogP contribution in [0.1, 0.15) is 16.7 Å². The molecule has 40 heavy (non-hydrogen) atoms. The molecule has 202 valence electrons. The predicted molar refractivity (Wildman–Crippen MR) is 162 cm³/mol. The maximum absolute atomic E-state index is 12.5. The number of benzene rings is 4. The minimum absolute atomic E-state index is 0.215. The summed E-state index contributed by atoms with van der Waals surface area (Å²) in [5.41, 5.74) is 3.34. The number of hydrogen-bond donors (Lipinski definition) is 1. The number of hydrogen-bond acceptors (Lipinski definition) is 6. The molecule has 0 saturated carbocycles. The molecule has 1 aliphatic rings. The average Bonchev–Trinajstić information content (AvgIpc) is 3.30. The fourth-order valence-electron chi connectivity index (χ4n) is 3.86. The number of amidine groups is 1. The molecule has 0 radical (unpaired) electrons. The van der Waals surface area contributed by atoms with E-state index in [4.69, 9.17) is 37.4 Å². The Morgan fingerprint density at radius 2 is 1.50 bits per heavy atom. The molecule has 1 aliphatic heterocycles. The van der Waals surface area contributed by atoms with E-state index in [1.54, 1.807) is 25.3 Å². The monoisotopic (exact) mass is 590 g/mol. The van der Waals surface area contributed by atoms with Crippen LogP contribution >= 0.6 is 35.0 Å². The van der Waals surface area contributed by atoms with E-state index in [1.807, 2.05) is 78.9 Å². The van der Waals surface area contributed by atoms with Gasteiger partial charge in [-0.2, -0.15) is 0 Å². The Morgan fingerprint density at radius 1 is 0.825 bits per heavy atom. The molecule has 1 amide bonds. The van der Waals surface area contributed by atoms with Crippen LogP contribution in [0.15, 0.2) is 101 Å². The Hall–Kier alpha value is -3.91. The highest BCUT2D eigenvalue weighted by molar-refractivity contribution is 8.18. The Balaban J connectivity index is 1.25. The number of nitrogens with one attached hydrogen (secondary N) is 1. The third-order valence-electron chi connectivity index (χ3n) is 5.80. The minimum Gasteiger partial charge on any atom is -0.493 e. The highest BCUT2D eigenvalue weighted by atomic mass is 35.5. The lowest BCUT2D eigenvalue weighted by Gasteiger charge is -2.14. The highest BCUT2D eigenvalue weighted by Gasteiger charge is 2.24. The van der Waals surface area contributed by atoms with E-state index in [-0.39, 0.29) is 12.5 Å². The van der Waals surface area contributed by atoms with Gasteiger partial charge >= 0.3 is 0 Å². The van der Waals surface area contributed by atoms with Gasteiger partial charge in [-0.15, -0.1) is 0 Å². The van der Waals surface area contributed by atoms with Crippen LogP contribution in [0.5, 0.6) is 17.2 Å². The number of ether oxygens (including phenoxy) is 3. The zero-order valence-electron chi connectivity index (χ0n) is 21.4. The number of rotatable bonds is 9. The van der Waals surface area contributed by atoms with Crippen molar-refractivity contribution in [1.29, 1.82) is 0 Å². The lowest BCUT2D eigenvalue weighted by atomic mass is 10.2. The number of methoxy groups -OCH3 is 1. The van der Waals surface area contributed by atoms with Gasteiger partial charge in [0, 0.05) is 0 Å². The SMILES string of the molecule is COc1cc(COc2c(Cl)cc(/C=C3/SC(=Nc4ccccc4)NC3=O)cc2Cl)ccc1OCc1ccccc1. The van der Waals surface area contributed by atoms with E-state index in [2.05, 4.69) is 10.3 Å². The quantitative estimate of drug-likeness (QED) is 0.200. The standard InChI is InChI=1S/C31H24Cl2N2O4S/c1-37-27-16-21(12-13-26(27)38-18-20-8-4-2-5-9-20)19-39-29-24(32)14-22(15-25(29)33)17-28-30(36)35-31(40-28)34-23-10-6-3-7-11-23/h2-17H,18-19H2,1H3,(H,34,35,36)/b28-17+. The summed E-state index contributed by atoms with van der Waals surface area (Å²) in [5.74, 6) is 1.34. The average molecular weight is 592 g/mol. The number of nitrogens with zero attached hydrogens (tertiary/aromatic N) is 1. The van der Waals surface area contributed by atoms with Gasteiger partial charge < -0.3 is 19.5 Å². The molecule has 1 heterocycles. The van der Waals surface area contributed by atoms with Crippen LogP contribution < -0.4 is 19.5 Å². The smallest absolute Gasteiger partial charge is 0.264 e. The molecule has 1 fully saturated rings. The van der Waals surface area contributed by atoms with Gasteiger partial charge in [0.1, 0.15) is 13.2 Å². The first-order valence-corrected chi connectivity index (χ1v) is 13.9. The van der Waals surface area contributed by atoms with Crippen LogP contribution in [0.4, 0.5) is 5.69 Å². The molecule has 1 N–H and O–H groups in total. The molecular weight excluding hydrogens is 567 g/mol. The van der Waals surface area contributed by atoms with Gasteiger partial charge in [0.2, 0.25) is 0 Å². The van der Waals surface area contributed by atoms with Crippen molar-refractivity contribution in [2.24, 2.45) is 4.99 Å². The van der Waals surface area contributed by atoms with Gasteiger partial charge in [-0.25, -0.2) is 4.99 Å². The molecule has 0 aliphatic carbocycles. The lowest BCUT2D eigenvalue weighted by molar-refractivity contribution is -0.115. The lowest BCUT2D eigenvalue weighted by Crippen LogP contribution is -2.19. The molecule has 5 rings (SSSR count). The van der Waals surface area contributed by atoms with Crippen molar-refractivity contribution in [3.8, 4) is 17.2 Å². The second kappa shape index (κ2) is 13.0. The minimum atomic E-state index is -0.239. The van der Waals surface area contributed by atoms with Gasteiger partial charge in [-0.3, -0.25) is 4.79 Å². The summed E-state index contributed by atoms with van der Waals surface area (Å²) in [4.78, 5) is 17.4. The summed E-state index contributed by atoms with van der Waals surface area (Å²) in [6, 6.07) is 28.3. The van der Waals surface area contributed by atoms with Gasteiger partial charge in [0.25, 0.3) is 5.91 Å². The van der Waals surface area contributed by atoms with E-state index in [9.17, 15) is 4.79 Å². The largest absolute Gasteiger partial charge is 0.493 e. The van der Waals surface area contributed by atoms with E-state index in [0.29, 0.717) is 49.5 Å². The molecule has 0 spiro atoms. The van der Waals surface area contributed by atoms with Crippen LogP contribution in [0.25, 0.3) is 6.08 Å². The zero-order valence-corrected chi connectivity index (χ0v) is 23.7. The fourth-order valence-corrected chi connectivity index (χ4v) is 5.32. The number of aliphatic imine (C=N–C) groups is 1. The van der Waals surface area contributed by atoms with Gasteiger partial charge in [0.05, 0.1) is 27.7 Å². The summed E-state index contributed by atoms with van der Waals surface area (Å²) in [7, 11) is 1.59. The second-order valence-corrected chi connectivity index (χ2v) is 10.5. The number of amides is 1. The van der Waals surface area contributed by atoms with Crippen molar-refractivity contribution in [2.75, 3.05) is 7.11 Å². The van der Waals surface area contributed by atoms with Crippen LogP contribution in [-0.4, -0.2) is 18.2 Å². The first kappa shape index (κ1) is 27.6. The normalized spacial score (nSPS) is 14.8. The van der Waals surface area contributed by atoms with Crippen molar-refractivity contribution < 1.29 is 19.0 Å². The van der Waals surface area contributed by atoms with Gasteiger partial charge in [-0.1, -0.05) is 77.8 Å². The Kier molecular flexibility index (Phi) is 8.96. The van der Waals surface area contributed by atoms with Crippen molar-refractivity contribution in [3.05, 3.63) is 123 Å². The molecule has 0 atom stereocenters. The van der Waals surface area contributed by atoms with Crippen molar-refractivity contribution >= 4 is 57.8 Å².